The third-order valence-corrected chi connectivity index (χ3v) is 2.36. The second-order valence-electron chi connectivity index (χ2n) is 3.62. The van der Waals surface area contributed by atoms with Crippen molar-refractivity contribution in [1.82, 2.24) is 0 Å². The second-order valence-corrected chi connectivity index (χ2v) is 3.62. The highest BCUT2D eigenvalue weighted by Gasteiger charge is 2.00. The van der Waals surface area contributed by atoms with Crippen LogP contribution < -0.4 is 0 Å². The molecule has 18 heavy (non-hydrogen) atoms. The van der Waals surface area contributed by atoms with E-state index in [2.05, 4.69) is 58.3 Å². The van der Waals surface area contributed by atoms with Gasteiger partial charge >= 0.3 is 6.09 Å². The number of ether oxygens (including phenoxy) is 1. The summed E-state index contributed by atoms with van der Waals surface area (Å²) < 4.78 is 4.29. The molecule has 3 rings (SSSR count). The molecule has 0 unspecified atom stereocenters. The van der Waals surface area contributed by atoms with Gasteiger partial charge in [0.1, 0.15) is 6.61 Å². The standard InChI is InChI=1S/C12H10.C3H3NO2/c1-3-7-11(8-4-1)12-9-5-2-6-10-12;5-3-4-1-2-6-3/h1-10H;1H,2H2. The summed E-state index contributed by atoms with van der Waals surface area (Å²) >= 11 is 0. The van der Waals surface area contributed by atoms with Gasteiger partial charge < -0.3 is 4.74 Å². The topological polar surface area (TPSA) is 38.7 Å². The van der Waals surface area contributed by atoms with E-state index in [-0.39, 0.29) is 0 Å². The van der Waals surface area contributed by atoms with Crippen molar-refractivity contribution in [2.45, 2.75) is 0 Å². The summed E-state index contributed by atoms with van der Waals surface area (Å²) in [4.78, 5) is 13.1. The van der Waals surface area contributed by atoms with Crippen LogP contribution in [0.2, 0.25) is 0 Å². The lowest BCUT2D eigenvalue weighted by Crippen LogP contribution is -1.87. The maximum Gasteiger partial charge on any atom is 0.433 e. The molecule has 0 aromatic heterocycles. The van der Waals surface area contributed by atoms with Crippen LogP contribution in [-0.4, -0.2) is 18.9 Å². The largest absolute Gasteiger partial charge is 0.442 e. The molecule has 3 heteroatoms. The Morgan fingerprint density at radius 2 is 1.33 bits per heavy atom. The van der Waals surface area contributed by atoms with Crippen LogP contribution in [0.1, 0.15) is 0 Å². The van der Waals surface area contributed by atoms with Gasteiger partial charge in [0.15, 0.2) is 0 Å². The van der Waals surface area contributed by atoms with Gasteiger partial charge in [-0.3, -0.25) is 0 Å². The summed E-state index contributed by atoms with van der Waals surface area (Å²) in [5, 5.41) is 0. The number of nitrogens with zero attached hydrogens (tertiary/aromatic N) is 1. The van der Waals surface area contributed by atoms with Gasteiger partial charge in [0, 0.05) is 6.21 Å². The van der Waals surface area contributed by atoms with E-state index < -0.39 is 6.09 Å². The summed E-state index contributed by atoms with van der Waals surface area (Å²) in [6, 6.07) is 20.8. The predicted molar refractivity (Wildman–Crippen MR) is 71.7 cm³/mol. The van der Waals surface area contributed by atoms with Gasteiger partial charge in [-0.2, -0.15) is 4.99 Å². The number of cyclic esters (lactones) is 1. The Hall–Kier alpha value is -2.42. The van der Waals surface area contributed by atoms with Crippen molar-refractivity contribution in [3.8, 4) is 11.1 Å². The van der Waals surface area contributed by atoms with Gasteiger partial charge in [0.2, 0.25) is 0 Å². The van der Waals surface area contributed by atoms with Gasteiger partial charge in [-0.25, -0.2) is 4.79 Å². The first kappa shape index (κ1) is 12.0. The summed E-state index contributed by atoms with van der Waals surface area (Å²) in [5.74, 6) is 0. The zero-order chi connectivity index (χ0) is 12.6. The summed E-state index contributed by atoms with van der Waals surface area (Å²) in [6.45, 7) is 0.346. The minimum atomic E-state index is -0.477. The van der Waals surface area contributed by atoms with Gasteiger partial charge in [-0.05, 0) is 11.1 Å². The van der Waals surface area contributed by atoms with Crippen LogP contribution in [0.5, 0.6) is 0 Å². The monoisotopic (exact) mass is 239 g/mol. The number of rotatable bonds is 1. The Balaban J connectivity index is 0.000000169. The number of aliphatic imine (C=N–C) groups is 1. The SMILES string of the molecule is O=C1N=CCO1.c1ccc(-c2ccccc2)cc1. The summed E-state index contributed by atoms with van der Waals surface area (Å²) in [7, 11) is 0. The Morgan fingerprint density at radius 1 is 0.833 bits per heavy atom. The first-order valence-electron chi connectivity index (χ1n) is 5.66. The molecule has 1 aliphatic rings. The van der Waals surface area contributed by atoms with Crippen LogP contribution in [0.15, 0.2) is 65.7 Å². The Bertz CT molecular complexity index is 483. The van der Waals surface area contributed by atoms with Crippen molar-refractivity contribution in [3.05, 3.63) is 60.7 Å². The minimum Gasteiger partial charge on any atom is -0.442 e. The molecule has 0 aliphatic carbocycles. The molecule has 2 aromatic carbocycles. The van der Waals surface area contributed by atoms with Gasteiger partial charge in [-0.1, -0.05) is 60.7 Å². The molecule has 1 heterocycles. The van der Waals surface area contributed by atoms with Crippen molar-refractivity contribution in [2.75, 3.05) is 6.61 Å². The smallest absolute Gasteiger partial charge is 0.433 e. The average Bonchev–Trinajstić information content (AvgIpc) is 2.93. The summed E-state index contributed by atoms with van der Waals surface area (Å²) in [5.41, 5.74) is 2.55. The van der Waals surface area contributed by atoms with Crippen molar-refractivity contribution in [2.24, 2.45) is 4.99 Å². The molecule has 2 aromatic rings. The molecule has 1 aliphatic heterocycles. The van der Waals surface area contributed by atoms with Gasteiger partial charge in [0.05, 0.1) is 0 Å². The molecule has 0 N–H and O–H groups in total. The number of hydrogen-bond acceptors (Lipinski definition) is 2. The van der Waals surface area contributed by atoms with E-state index in [0.717, 1.165) is 0 Å². The van der Waals surface area contributed by atoms with Crippen LogP contribution in [0, 0.1) is 0 Å². The van der Waals surface area contributed by atoms with E-state index in [9.17, 15) is 4.79 Å². The normalized spacial score (nSPS) is 12.6. The number of hydrogen-bond donors (Lipinski definition) is 0. The first-order valence-corrected chi connectivity index (χ1v) is 5.66. The van der Waals surface area contributed by atoms with Crippen LogP contribution in [0.4, 0.5) is 4.79 Å². The number of carbonyl (C=O) groups is 1. The number of carbonyl (C=O) groups excluding carboxylic acids is 1. The molecule has 0 bridgehead atoms. The molecule has 0 radical (unpaired) electrons. The van der Waals surface area contributed by atoms with Crippen molar-refractivity contribution in [3.63, 3.8) is 0 Å². The van der Waals surface area contributed by atoms with Crippen LogP contribution in [0.25, 0.3) is 11.1 Å². The molecule has 0 spiro atoms. The van der Waals surface area contributed by atoms with Crippen LogP contribution >= 0.6 is 0 Å². The number of amides is 1. The van der Waals surface area contributed by atoms with E-state index >= 15 is 0 Å². The third-order valence-electron chi connectivity index (χ3n) is 2.36. The van der Waals surface area contributed by atoms with Crippen LogP contribution in [-0.2, 0) is 4.74 Å². The zero-order valence-electron chi connectivity index (χ0n) is 9.82. The minimum absolute atomic E-state index is 0.346. The molecule has 90 valence electrons. The molecule has 0 atom stereocenters. The first-order chi connectivity index (χ1) is 8.86. The van der Waals surface area contributed by atoms with Gasteiger partial charge in [0.25, 0.3) is 0 Å². The lowest BCUT2D eigenvalue weighted by Gasteiger charge is -1.98. The van der Waals surface area contributed by atoms with E-state index in [0.29, 0.717) is 6.61 Å². The molecular formula is C15H13NO2. The van der Waals surface area contributed by atoms with Crippen LogP contribution in [0.3, 0.4) is 0 Å². The molecule has 0 fully saturated rings. The Labute approximate surface area is 106 Å². The highest BCUT2D eigenvalue weighted by molar-refractivity contribution is 5.85. The quantitative estimate of drug-likeness (QED) is 0.763. The Kier molecular flexibility index (Phi) is 4.25. The fourth-order valence-electron chi connectivity index (χ4n) is 1.52. The highest BCUT2D eigenvalue weighted by Crippen LogP contribution is 2.17. The van der Waals surface area contributed by atoms with E-state index in [1.807, 2.05) is 12.1 Å². The molecular weight excluding hydrogens is 226 g/mol. The fraction of sp³-hybridized carbons (Fsp3) is 0.0667. The average molecular weight is 239 g/mol. The number of benzene rings is 2. The van der Waals surface area contributed by atoms with E-state index in [1.165, 1.54) is 17.3 Å². The lowest BCUT2D eigenvalue weighted by molar-refractivity contribution is 0.181. The van der Waals surface area contributed by atoms with E-state index in [4.69, 9.17) is 0 Å². The molecule has 3 nitrogen and oxygen atoms in total. The third kappa shape index (κ3) is 3.56. The highest BCUT2D eigenvalue weighted by atomic mass is 16.6. The second kappa shape index (κ2) is 6.35. The maximum atomic E-state index is 9.82. The van der Waals surface area contributed by atoms with Crippen molar-refractivity contribution >= 4 is 12.3 Å². The summed E-state index contributed by atoms with van der Waals surface area (Å²) in [6.07, 6.45) is 0.956. The van der Waals surface area contributed by atoms with Gasteiger partial charge in [-0.15, -0.1) is 0 Å². The molecule has 0 saturated carbocycles. The lowest BCUT2D eigenvalue weighted by atomic mass is 10.1. The zero-order valence-corrected chi connectivity index (χ0v) is 9.82. The predicted octanol–water partition coefficient (Wildman–Crippen LogP) is 3.56. The van der Waals surface area contributed by atoms with Crippen molar-refractivity contribution in [1.29, 1.82) is 0 Å². The molecule has 1 amide bonds. The Morgan fingerprint density at radius 3 is 1.61 bits per heavy atom. The van der Waals surface area contributed by atoms with E-state index in [1.54, 1.807) is 0 Å². The van der Waals surface area contributed by atoms with Crippen molar-refractivity contribution < 1.29 is 9.53 Å². The maximum absolute atomic E-state index is 9.82. The molecule has 0 saturated heterocycles. The fourth-order valence-corrected chi connectivity index (χ4v) is 1.52.